The molecule has 23 heavy (non-hydrogen) atoms. The van der Waals surface area contributed by atoms with E-state index in [1.165, 1.54) is 32.1 Å². The molecule has 0 unspecified atom stereocenters. The third-order valence-electron chi connectivity index (χ3n) is 4.74. The highest BCUT2D eigenvalue weighted by Crippen LogP contribution is 2.19. The van der Waals surface area contributed by atoms with E-state index in [9.17, 15) is 4.79 Å². The summed E-state index contributed by atoms with van der Waals surface area (Å²) in [6, 6.07) is 6.20. The van der Waals surface area contributed by atoms with Gasteiger partial charge in [-0.3, -0.25) is 9.20 Å². The Bertz CT molecular complexity index is 654. The zero-order chi connectivity index (χ0) is 16.1. The molecule has 0 aliphatic heterocycles. The molecule has 0 bridgehead atoms. The van der Waals surface area contributed by atoms with Crippen LogP contribution in [0.1, 0.15) is 74.5 Å². The van der Waals surface area contributed by atoms with Crippen molar-refractivity contribution in [3.8, 4) is 0 Å². The van der Waals surface area contributed by atoms with Gasteiger partial charge in [0.1, 0.15) is 11.3 Å². The number of rotatable bonds is 4. The maximum atomic E-state index is 12.9. The first kappa shape index (κ1) is 16.0. The van der Waals surface area contributed by atoms with Crippen LogP contribution in [0.25, 0.3) is 5.65 Å². The first-order chi connectivity index (χ1) is 11.3. The van der Waals surface area contributed by atoms with Gasteiger partial charge in [0, 0.05) is 12.2 Å². The minimum absolute atomic E-state index is 0.0396. The van der Waals surface area contributed by atoms with Gasteiger partial charge < -0.3 is 5.32 Å². The van der Waals surface area contributed by atoms with E-state index in [4.69, 9.17) is 0 Å². The number of pyridine rings is 1. The maximum absolute atomic E-state index is 12.9. The lowest BCUT2D eigenvalue weighted by atomic mass is 9.96. The molecule has 2 aromatic rings. The fourth-order valence-electron chi connectivity index (χ4n) is 3.55. The highest BCUT2D eigenvalue weighted by Gasteiger charge is 2.21. The van der Waals surface area contributed by atoms with Gasteiger partial charge in [0.15, 0.2) is 0 Å². The smallest absolute Gasteiger partial charge is 0.270 e. The predicted octanol–water partition coefficient (Wildman–Crippen LogP) is 4.13. The first-order valence-corrected chi connectivity index (χ1v) is 9.06. The largest absolute Gasteiger partial charge is 0.348 e. The van der Waals surface area contributed by atoms with E-state index in [1.807, 2.05) is 28.8 Å². The lowest BCUT2D eigenvalue weighted by Crippen LogP contribution is -2.36. The van der Waals surface area contributed by atoms with E-state index in [-0.39, 0.29) is 5.91 Å². The maximum Gasteiger partial charge on any atom is 0.270 e. The molecule has 1 N–H and O–H groups in total. The molecule has 124 valence electrons. The van der Waals surface area contributed by atoms with E-state index in [0.29, 0.717) is 6.04 Å². The molecule has 3 rings (SSSR count). The quantitative estimate of drug-likeness (QED) is 0.922. The van der Waals surface area contributed by atoms with Gasteiger partial charge in [-0.2, -0.15) is 0 Å². The van der Waals surface area contributed by atoms with Crippen LogP contribution >= 0.6 is 0 Å². The summed E-state index contributed by atoms with van der Waals surface area (Å²) in [6.07, 6.45) is 12.4. The molecule has 4 heteroatoms. The summed E-state index contributed by atoms with van der Waals surface area (Å²) in [4.78, 5) is 17.6. The van der Waals surface area contributed by atoms with Crippen molar-refractivity contribution in [3.63, 3.8) is 0 Å². The van der Waals surface area contributed by atoms with E-state index in [1.54, 1.807) is 0 Å². The van der Waals surface area contributed by atoms with Crippen LogP contribution in [0.15, 0.2) is 24.4 Å². The third kappa shape index (κ3) is 3.74. The van der Waals surface area contributed by atoms with Gasteiger partial charge in [0.25, 0.3) is 5.91 Å². The summed E-state index contributed by atoms with van der Waals surface area (Å²) < 4.78 is 1.93. The summed E-state index contributed by atoms with van der Waals surface area (Å²) in [5.74, 6) is 0.0396. The zero-order valence-electron chi connectivity index (χ0n) is 14.1. The number of aromatic nitrogens is 2. The molecule has 1 aliphatic rings. The number of hydrogen-bond acceptors (Lipinski definition) is 2. The Balaban J connectivity index is 1.82. The Hall–Kier alpha value is -1.84. The summed E-state index contributed by atoms with van der Waals surface area (Å²) in [7, 11) is 0. The number of hydrogen-bond donors (Lipinski definition) is 1. The average Bonchev–Trinajstić information content (AvgIpc) is 2.88. The van der Waals surface area contributed by atoms with Crippen LogP contribution in [0.3, 0.4) is 0 Å². The number of aryl methyl sites for hydroxylation is 1. The fourth-order valence-corrected chi connectivity index (χ4v) is 3.55. The predicted molar refractivity (Wildman–Crippen MR) is 92.8 cm³/mol. The number of nitrogens with one attached hydrogen (secondary N) is 1. The third-order valence-corrected chi connectivity index (χ3v) is 4.74. The molecule has 1 fully saturated rings. The number of imidazole rings is 1. The number of nitrogens with zero attached hydrogens (tertiary/aromatic N) is 2. The Kier molecular flexibility index (Phi) is 5.31. The van der Waals surface area contributed by atoms with Crippen molar-refractivity contribution in [2.24, 2.45) is 0 Å². The van der Waals surface area contributed by atoms with E-state index >= 15 is 0 Å². The lowest BCUT2D eigenvalue weighted by Gasteiger charge is -2.21. The molecule has 1 saturated carbocycles. The van der Waals surface area contributed by atoms with Crippen LogP contribution in [-0.2, 0) is 6.42 Å². The Morgan fingerprint density at radius 1 is 1.22 bits per heavy atom. The fraction of sp³-hybridized carbons (Fsp3) is 0.579. The van der Waals surface area contributed by atoms with Crippen molar-refractivity contribution in [1.82, 2.24) is 14.7 Å². The Morgan fingerprint density at radius 3 is 2.70 bits per heavy atom. The molecular formula is C19H27N3O. The molecule has 0 aromatic carbocycles. The molecule has 0 spiro atoms. The monoisotopic (exact) mass is 313 g/mol. The van der Waals surface area contributed by atoms with Gasteiger partial charge in [0.2, 0.25) is 0 Å². The van der Waals surface area contributed by atoms with Gasteiger partial charge in [0.05, 0.1) is 5.69 Å². The number of fused-ring (bicyclic) bond motifs is 1. The van der Waals surface area contributed by atoms with Gasteiger partial charge in [-0.05, 0) is 31.4 Å². The van der Waals surface area contributed by atoms with Gasteiger partial charge in [-0.15, -0.1) is 0 Å². The van der Waals surface area contributed by atoms with Crippen molar-refractivity contribution < 1.29 is 4.79 Å². The molecule has 0 saturated heterocycles. The van der Waals surface area contributed by atoms with Gasteiger partial charge >= 0.3 is 0 Å². The average molecular weight is 313 g/mol. The number of amides is 1. The molecule has 0 atom stereocenters. The summed E-state index contributed by atoms with van der Waals surface area (Å²) in [5.41, 5.74) is 2.50. The highest BCUT2D eigenvalue weighted by molar-refractivity contribution is 5.95. The molecule has 1 amide bonds. The zero-order valence-corrected chi connectivity index (χ0v) is 14.1. The lowest BCUT2D eigenvalue weighted by molar-refractivity contribution is 0.0923. The number of carbonyl (C=O) groups is 1. The van der Waals surface area contributed by atoms with Gasteiger partial charge in [-0.25, -0.2) is 4.98 Å². The Labute approximate surface area is 138 Å². The minimum Gasteiger partial charge on any atom is -0.348 e. The first-order valence-electron chi connectivity index (χ1n) is 9.06. The van der Waals surface area contributed by atoms with Crippen LogP contribution in [-0.4, -0.2) is 21.3 Å². The molecule has 2 aromatic heterocycles. The van der Waals surface area contributed by atoms with Crippen molar-refractivity contribution in [1.29, 1.82) is 0 Å². The Morgan fingerprint density at radius 2 is 1.96 bits per heavy atom. The molecular weight excluding hydrogens is 286 g/mol. The van der Waals surface area contributed by atoms with Crippen molar-refractivity contribution in [2.45, 2.75) is 70.8 Å². The normalized spacial score (nSPS) is 16.9. The summed E-state index contributed by atoms with van der Waals surface area (Å²) in [6.45, 7) is 2.13. The van der Waals surface area contributed by atoms with Crippen LogP contribution in [0, 0.1) is 0 Å². The molecule has 2 heterocycles. The second-order valence-corrected chi connectivity index (χ2v) is 6.60. The SMILES string of the molecule is CCCc1nc2ccccn2c1C(=O)NC1CCCCCCC1. The van der Waals surface area contributed by atoms with Crippen LogP contribution in [0.2, 0.25) is 0 Å². The van der Waals surface area contributed by atoms with Crippen molar-refractivity contribution in [2.75, 3.05) is 0 Å². The number of carbonyl (C=O) groups excluding carboxylic acids is 1. The summed E-state index contributed by atoms with van der Waals surface area (Å²) >= 11 is 0. The van der Waals surface area contributed by atoms with E-state index < -0.39 is 0 Å². The molecule has 4 nitrogen and oxygen atoms in total. The van der Waals surface area contributed by atoms with E-state index in [2.05, 4.69) is 17.2 Å². The van der Waals surface area contributed by atoms with Crippen LogP contribution in [0.4, 0.5) is 0 Å². The van der Waals surface area contributed by atoms with Crippen molar-refractivity contribution in [3.05, 3.63) is 35.8 Å². The highest BCUT2D eigenvalue weighted by atomic mass is 16.2. The summed E-state index contributed by atoms with van der Waals surface area (Å²) in [5, 5.41) is 3.28. The van der Waals surface area contributed by atoms with Gasteiger partial charge in [-0.1, -0.05) is 51.5 Å². The van der Waals surface area contributed by atoms with E-state index in [0.717, 1.165) is 42.7 Å². The van der Waals surface area contributed by atoms with Crippen LogP contribution in [0.5, 0.6) is 0 Å². The molecule has 0 radical (unpaired) electrons. The molecule has 1 aliphatic carbocycles. The van der Waals surface area contributed by atoms with Crippen LogP contribution < -0.4 is 5.32 Å². The second-order valence-electron chi connectivity index (χ2n) is 6.60. The minimum atomic E-state index is 0.0396. The topological polar surface area (TPSA) is 46.4 Å². The second kappa shape index (κ2) is 7.62. The van der Waals surface area contributed by atoms with Crippen molar-refractivity contribution >= 4 is 11.6 Å². The standard InChI is InChI=1S/C19H27N3O/c1-2-10-16-18(22-14-9-8-13-17(22)21-16)19(23)20-15-11-6-4-3-5-7-12-15/h8-9,13-15H,2-7,10-12H2,1H3,(H,20,23).